The van der Waals surface area contributed by atoms with Gasteiger partial charge >= 0.3 is 0 Å². The lowest BCUT2D eigenvalue weighted by atomic mass is 10.1. The molecule has 0 aliphatic carbocycles. The fourth-order valence-electron chi connectivity index (χ4n) is 2.00. The quantitative estimate of drug-likeness (QED) is 0.734. The highest BCUT2D eigenvalue weighted by molar-refractivity contribution is 5.94. The number of nitrogens with one attached hydrogen (secondary N) is 2. The van der Waals surface area contributed by atoms with Crippen LogP contribution in [0.1, 0.15) is 23.7 Å². The molecule has 0 aliphatic heterocycles. The Bertz CT molecular complexity index is 585. The van der Waals surface area contributed by atoms with Crippen molar-refractivity contribution in [3.8, 4) is 0 Å². The average Bonchev–Trinajstić information content (AvgIpc) is 2.54. The number of amides is 1. The van der Waals surface area contributed by atoms with Gasteiger partial charge in [-0.2, -0.15) is 0 Å². The van der Waals surface area contributed by atoms with Gasteiger partial charge in [0.15, 0.2) is 0 Å². The Kier molecular flexibility index (Phi) is 5.91. The van der Waals surface area contributed by atoms with Crippen LogP contribution in [0.15, 0.2) is 48.8 Å². The van der Waals surface area contributed by atoms with E-state index >= 15 is 0 Å². The average molecular weight is 299 g/mol. The van der Waals surface area contributed by atoms with E-state index in [1.807, 2.05) is 31.2 Å². The zero-order chi connectivity index (χ0) is 15.8. The van der Waals surface area contributed by atoms with Gasteiger partial charge in [-0.1, -0.05) is 6.92 Å². The normalized spacial score (nSPS) is 11.7. The van der Waals surface area contributed by atoms with Crippen LogP contribution in [0.3, 0.4) is 0 Å². The lowest BCUT2D eigenvalue weighted by Gasteiger charge is -2.11. The first-order valence-electron chi connectivity index (χ1n) is 7.35. The van der Waals surface area contributed by atoms with Crippen molar-refractivity contribution in [2.45, 2.75) is 13.3 Å². The maximum absolute atomic E-state index is 12.0. The van der Waals surface area contributed by atoms with Crippen molar-refractivity contribution >= 4 is 17.3 Å². The van der Waals surface area contributed by atoms with Crippen LogP contribution in [0, 0.1) is 5.92 Å². The number of rotatable bonds is 7. The Balaban J connectivity index is 1.89. The van der Waals surface area contributed by atoms with Crippen LogP contribution in [0.2, 0.25) is 0 Å². The molecule has 2 aromatic rings. The Hall–Kier alpha value is -2.40. The second-order valence-electron chi connectivity index (χ2n) is 5.27. The topological polar surface area (TPSA) is 74.2 Å². The van der Waals surface area contributed by atoms with Gasteiger partial charge in [-0.3, -0.25) is 9.78 Å². The molecule has 0 saturated carbocycles. The maximum atomic E-state index is 12.0. The van der Waals surface area contributed by atoms with E-state index in [4.69, 9.17) is 5.11 Å². The van der Waals surface area contributed by atoms with Crippen molar-refractivity contribution in [3.63, 3.8) is 0 Å². The number of pyridine rings is 1. The van der Waals surface area contributed by atoms with Crippen molar-refractivity contribution < 1.29 is 9.90 Å². The van der Waals surface area contributed by atoms with E-state index in [9.17, 15) is 4.79 Å². The van der Waals surface area contributed by atoms with Gasteiger partial charge in [0.05, 0.1) is 0 Å². The van der Waals surface area contributed by atoms with E-state index < -0.39 is 0 Å². The van der Waals surface area contributed by atoms with Gasteiger partial charge < -0.3 is 15.7 Å². The third-order valence-corrected chi connectivity index (χ3v) is 3.35. The van der Waals surface area contributed by atoms with Crippen LogP contribution in [0.25, 0.3) is 0 Å². The minimum atomic E-state index is -0.0970. The molecule has 0 fully saturated rings. The molecule has 116 valence electrons. The standard InChI is InChI=1S/C17H21N3O2/c1-13(8-11-21)12-19-17(22)14-2-4-15(5-3-14)20-16-6-9-18-10-7-16/h2-7,9-10,13,21H,8,11-12H2,1H3,(H,18,20)(H,19,22). The molecule has 1 atom stereocenters. The predicted octanol–water partition coefficient (Wildman–Crippen LogP) is 2.57. The van der Waals surface area contributed by atoms with Gasteiger partial charge in [0.1, 0.15) is 0 Å². The fourth-order valence-corrected chi connectivity index (χ4v) is 2.00. The highest BCUT2D eigenvalue weighted by atomic mass is 16.3. The molecule has 0 bridgehead atoms. The number of benzene rings is 1. The molecule has 1 amide bonds. The number of aliphatic hydroxyl groups excluding tert-OH is 1. The summed E-state index contributed by atoms with van der Waals surface area (Å²) in [6.45, 7) is 2.71. The molecule has 5 nitrogen and oxygen atoms in total. The molecule has 2 rings (SSSR count). The van der Waals surface area contributed by atoms with Gasteiger partial charge in [0.25, 0.3) is 5.91 Å². The summed E-state index contributed by atoms with van der Waals surface area (Å²) in [6.07, 6.45) is 4.13. The number of carbonyl (C=O) groups is 1. The van der Waals surface area contributed by atoms with Crippen molar-refractivity contribution in [3.05, 3.63) is 54.4 Å². The SMILES string of the molecule is CC(CCO)CNC(=O)c1ccc(Nc2ccncc2)cc1. The summed E-state index contributed by atoms with van der Waals surface area (Å²) in [7, 11) is 0. The number of aromatic nitrogens is 1. The van der Waals surface area contributed by atoms with Crippen LogP contribution in [-0.4, -0.2) is 29.1 Å². The first-order valence-corrected chi connectivity index (χ1v) is 7.35. The summed E-state index contributed by atoms with van der Waals surface area (Å²) < 4.78 is 0. The van der Waals surface area contributed by atoms with E-state index in [1.165, 1.54) is 0 Å². The number of hydrogen-bond donors (Lipinski definition) is 3. The van der Waals surface area contributed by atoms with E-state index in [-0.39, 0.29) is 18.4 Å². The first kappa shape index (κ1) is 16.0. The summed E-state index contributed by atoms with van der Waals surface area (Å²) in [5, 5.41) is 15.0. The molecule has 1 heterocycles. The molecule has 0 radical (unpaired) electrons. The molecule has 22 heavy (non-hydrogen) atoms. The Morgan fingerprint density at radius 3 is 2.41 bits per heavy atom. The van der Waals surface area contributed by atoms with Crippen LogP contribution in [0.4, 0.5) is 11.4 Å². The monoisotopic (exact) mass is 299 g/mol. The van der Waals surface area contributed by atoms with Crippen LogP contribution < -0.4 is 10.6 Å². The smallest absolute Gasteiger partial charge is 0.251 e. The van der Waals surface area contributed by atoms with Crippen LogP contribution in [0.5, 0.6) is 0 Å². The lowest BCUT2D eigenvalue weighted by Crippen LogP contribution is -2.28. The summed E-state index contributed by atoms with van der Waals surface area (Å²) in [4.78, 5) is 16.0. The van der Waals surface area contributed by atoms with Crippen molar-refractivity contribution in [2.24, 2.45) is 5.92 Å². The third-order valence-electron chi connectivity index (χ3n) is 3.35. The molecule has 0 spiro atoms. The minimum Gasteiger partial charge on any atom is -0.396 e. The fraction of sp³-hybridized carbons (Fsp3) is 0.294. The molecule has 5 heteroatoms. The van der Waals surface area contributed by atoms with Crippen LogP contribution in [-0.2, 0) is 0 Å². The molecule has 3 N–H and O–H groups in total. The second-order valence-corrected chi connectivity index (χ2v) is 5.27. The molecular weight excluding hydrogens is 278 g/mol. The zero-order valence-electron chi connectivity index (χ0n) is 12.6. The number of hydrogen-bond acceptors (Lipinski definition) is 4. The Morgan fingerprint density at radius 1 is 1.14 bits per heavy atom. The number of nitrogens with zero attached hydrogens (tertiary/aromatic N) is 1. The summed E-state index contributed by atoms with van der Waals surface area (Å²) in [5.41, 5.74) is 2.48. The number of anilines is 2. The predicted molar refractivity (Wildman–Crippen MR) is 87.2 cm³/mol. The van der Waals surface area contributed by atoms with Crippen molar-refractivity contribution in [1.82, 2.24) is 10.3 Å². The summed E-state index contributed by atoms with van der Waals surface area (Å²) in [6, 6.07) is 11.1. The van der Waals surface area contributed by atoms with E-state index in [0.29, 0.717) is 18.5 Å². The molecular formula is C17H21N3O2. The Labute approximate surface area is 130 Å². The molecule has 1 aromatic heterocycles. The highest BCUT2D eigenvalue weighted by Gasteiger charge is 2.07. The van der Waals surface area contributed by atoms with E-state index in [0.717, 1.165) is 11.4 Å². The summed E-state index contributed by atoms with van der Waals surface area (Å²) >= 11 is 0. The first-order chi connectivity index (χ1) is 10.7. The van der Waals surface area contributed by atoms with Gasteiger partial charge in [-0.05, 0) is 48.7 Å². The molecule has 1 aromatic carbocycles. The van der Waals surface area contributed by atoms with Crippen LogP contribution >= 0.6 is 0 Å². The summed E-state index contributed by atoms with van der Waals surface area (Å²) in [5.74, 6) is 0.168. The highest BCUT2D eigenvalue weighted by Crippen LogP contribution is 2.16. The Morgan fingerprint density at radius 2 is 1.77 bits per heavy atom. The lowest BCUT2D eigenvalue weighted by molar-refractivity contribution is 0.0945. The zero-order valence-corrected chi connectivity index (χ0v) is 12.6. The second kappa shape index (κ2) is 8.14. The largest absolute Gasteiger partial charge is 0.396 e. The van der Waals surface area contributed by atoms with Gasteiger partial charge in [0.2, 0.25) is 0 Å². The van der Waals surface area contributed by atoms with Gasteiger partial charge in [-0.25, -0.2) is 0 Å². The van der Waals surface area contributed by atoms with Crippen molar-refractivity contribution in [1.29, 1.82) is 0 Å². The third kappa shape index (κ3) is 4.86. The maximum Gasteiger partial charge on any atom is 0.251 e. The van der Waals surface area contributed by atoms with Crippen molar-refractivity contribution in [2.75, 3.05) is 18.5 Å². The van der Waals surface area contributed by atoms with Gasteiger partial charge in [0, 0.05) is 42.5 Å². The number of aliphatic hydroxyl groups is 1. The van der Waals surface area contributed by atoms with Gasteiger partial charge in [-0.15, -0.1) is 0 Å². The van der Waals surface area contributed by atoms with E-state index in [2.05, 4.69) is 15.6 Å². The molecule has 0 saturated heterocycles. The molecule has 0 aliphatic rings. The minimum absolute atomic E-state index is 0.0970. The molecule has 1 unspecified atom stereocenters. The number of carbonyl (C=O) groups excluding carboxylic acids is 1. The van der Waals surface area contributed by atoms with E-state index in [1.54, 1.807) is 24.5 Å².